The van der Waals surface area contributed by atoms with Gasteiger partial charge in [0.05, 0.1) is 18.5 Å². The topological polar surface area (TPSA) is 69.0 Å². The lowest BCUT2D eigenvalue weighted by molar-refractivity contribution is -0.144. The summed E-state index contributed by atoms with van der Waals surface area (Å²) in [6.45, 7) is 2.91. The quantitative estimate of drug-likeness (QED) is 0.649. The molecule has 0 aliphatic heterocycles. The van der Waals surface area contributed by atoms with Crippen LogP contribution in [0.1, 0.15) is 12.6 Å². The zero-order valence-electron chi connectivity index (χ0n) is 8.36. The fourth-order valence-electron chi connectivity index (χ4n) is 1.02. The zero-order valence-corrected chi connectivity index (χ0v) is 8.36. The SMILES string of the molecule is CCOC(=O)Cn1cc(CNC)nn1. The number of esters is 1. The number of hydrogen-bond acceptors (Lipinski definition) is 5. The third-order valence-corrected chi connectivity index (χ3v) is 1.54. The van der Waals surface area contributed by atoms with E-state index in [1.165, 1.54) is 4.68 Å². The van der Waals surface area contributed by atoms with E-state index in [0.717, 1.165) is 5.69 Å². The first-order valence-corrected chi connectivity index (χ1v) is 4.45. The molecule has 14 heavy (non-hydrogen) atoms. The van der Waals surface area contributed by atoms with Crippen LogP contribution in [-0.2, 0) is 22.6 Å². The van der Waals surface area contributed by atoms with Gasteiger partial charge in [0.25, 0.3) is 0 Å². The van der Waals surface area contributed by atoms with Crippen LogP contribution in [0, 0.1) is 0 Å². The van der Waals surface area contributed by atoms with Gasteiger partial charge in [-0.3, -0.25) is 4.79 Å². The van der Waals surface area contributed by atoms with Crippen LogP contribution >= 0.6 is 0 Å². The predicted octanol–water partition coefficient (Wildman–Crippen LogP) is -0.439. The number of nitrogens with one attached hydrogen (secondary N) is 1. The van der Waals surface area contributed by atoms with Gasteiger partial charge in [0.15, 0.2) is 0 Å². The summed E-state index contributed by atoms with van der Waals surface area (Å²) in [4.78, 5) is 11.1. The van der Waals surface area contributed by atoms with E-state index in [2.05, 4.69) is 15.6 Å². The molecular formula is C8H14N4O2. The van der Waals surface area contributed by atoms with Gasteiger partial charge in [-0.2, -0.15) is 0 Å². The van der Waals surface area contributed by atoms with Crippen molar-refractivity contribution >= 4 is 5.97 Å². The highest BCUT2D eigenvalue weighted by molar-refractivity contribution is 5.68. The van der Waals surface area contributed by atoms with Gasteiger partial charge in [0.1, 0.15) is 6.54 Å². The molecule has 0 fully saturated rings. The van der Waals surface area contributed by atoms with E-state index < -0.39 is 0 Å². The molecule has 0 radical (unpaired) electrons. The maximum atomic E-state index is 11.1. The molecular weight excluding hydrogens is 184 g/mol. The van der Waals surface area contributed by atoms with Crippen molar-refractivity contribution in [2.24, 2.45) is 0 Å². The molecule has 6 nitrogen and oxygen atoms in total. The summed E-state index contributed by atoms with van der Waals surface area (Å²) < 4.78 is 6.23. The van der Waals surface area contributed by atoms with Crippen LogP contribution in [0.5, 0.6) is 0 Å². The van der Waals surface area contributed by atoms with Crippen molar-refractivity contribution < 1.29 is 9.53 Å². The second kappa shape index (κ2) is 5.33. The Morgan fingerprint density at radius 2 is 2.50 bits per heavy atom. The van der Waals surface area contributed by atoms with Crippen LogP contribution in [0.15, 0.2) is 6.20 Å². The molecule has 1 heterocycles. The first-order valence-electron chi connectivity index (χ1n) is 4.45. The van der Waals surface area contributed by atoms with E-state index in [0.29, 0.717) is 13.2 Å². The first-order chi connectivity index (χ1) is 6.76. The first kappa shape index (κ1) is 10.6. The van der Waals surface area contributed by atoms with Gasteiger partial charge in [0.2, 0.25) is 0 Å². The van der Waals surface area contributed by atoms with Crippen LogP contribution in [0.2, 0.25) is 0 Å². The summed E-state index contributed by atoms with van der Waals surface area (Å²) in [6, 6.07) is 0. The lowest BCUT2D eigenvalue weighted by Crippen LogP contribution is -2.13. The smallest absolute Gasteiger partial charge is 0.327 e. The van der Waals surface area contributed by atoms with Crippen molar-refractivity contribution in [3.05, 3.63) is 11.9 Å². The van der Waals surface area contributed by atoms with E-state index in [-0.39, 0.29) is 12.5 Å². The van der Waals surface area contributed by atoms with E-state index >= 15 is 0 Å². The number of ether oxygens (including phenoxy) is 1. The van der Waals surface area contributed by atoms with Crippen molar-refractivity contribution in [1.82, 2.24) is 20.3 Å². The van der Waals surface area contributed by atoms with Gasteiger partial charge in [-0.1, -0.05) is 5.21 Å². The Kier molecular flexibility index (Phi) is 4.06. The minimum Gasteiger partial charge on any atom is -0.465 e. The number of aromatic nitrogens is 3. The molecule has 1 aromatic rings. The Hall–Kier alpha value is -1.43. The Balaban J connectivity index is 2.46. The van der Waals surface area contributed by atoms with Crippen molar-refractivity contribution in [1.29, 1.82) is 0 Å². The van der Waals surface area contributed by atoms with E-state index in [9.17, 15) is 4.79 Å². The van der Waals surface area contributed by atoms with Gasteiger partial charge in [0, 0.05) is 6.54 Å². The predicted molar refractivity (Wildman–Crippen MR) is 49.4 cm³/mol. The molecule has 1 rings (SSSR count). The molecule has 0 saturated heterocycles. The largest absolute Gasteiger partial charge is 0.465 e. The normalized spacial score (nSPS) is 10.1. The van der Waals surface area contributed by atoms with Crippen LogP contribution in [-0.4, -0.2) is 34.6 Å². The lowest BCUT2D eigenvalue weighted by Gasteiger charge is -1.99. The van der Waals surface area contributed by atoms with E-state index in [4.69, 9.17) is 4.74 Å². The van der Waals surface area contributed by atoms with Crippen molar-refractivity contribution in [2.45, 2.75) is 20.0 Å². The van der Waals surface area contributed by atoms with Crippen LogP contribution in [0.3, 0.4) is 0 Å². The molecule has 0 amide bonds. The van der Waals surface area contributed by atoms with Crippen LogP contribution < -0.4 is 5.32 Å². The number of hydrogen-bond donors (Lipinski definition) is 1. The van der Waals surface area contributed by atoms with Crippen LogP contribution in [0.4, 0.5) is 0 Å². The molecule has 6 heteroatoms. The molecule has 0 atom stereocenters. The molecule has 1 aromatic heterocycles. The molecule has 0 unspecified atom stereocenters. The summed E-state index contributed by atoms with van der Waals surface area (Å²) in [5.74, 6) is -0.298. The summed E-state index contributed by atoms with van der Waals surface area (Å²) >= 11 is 0. The Labute approximate surface area is 82.2 Å². The lowest BCUT2D eigenvalue weighted by atomic mass is 10.5. The number of nitrogens with zero attached hydrogens (tertiary/aromatic N) is 3. The molecule has 0 bridgehead atoms. The highest BCUT2D eigenvalue weighted by Gasteiger charge is 2.05. The van der Waals surface area contributed by atoms with Gasteiger partial charge in [-0.15, -0.1) is 5.10 Å². The van der Waals surface area contributed by atoms with Gasteiger partial charge in [-0.05, 0) is 14.0 Å². The average molecular weight is 198 g/mol. The van der Waals surface area contributed by atoms with Gasteiger partial charge >= 0.3 is 5.97 Å². The molecule has 0 aliphatic carbocycles. The molecule has 1 N–H and O–H groups in total. The van der Waals surface area contributed by atoms with Crippen molar-refractivity contribution in [3.63, 3.8) is 0 Å². The molecule has 0 aromatic carbocycles. The summed E-state index contributed by atoms with van der Waals surface area (Å²) in [6.07, 6.45) is 1.72. The second-order valence-corrected chi connectivity index (χ2v) is 2.74. The molecule has 0 saturated carbocycles. The second-order valence-electron chi connectivity index (χ2n) is 2.74. The third kappa shape index (κ3) is 3.14. The Morgan fingerprint density at radius 1 is 1.71 bits per heavy atom. The Bertz CT molecular complexity index is 297. The Morgan fingerprint density at radius 3 is 3.14 bits per heavy atom. The van der Waals surface area contributed by atoms with Gasteiger partial charge < -0.3 is 10.1 Å². The van der Waals surface area contributed by atoms with E-state index in [1.807, 2.05) is 7.05 Å². The highest BCUT2D eigenvalue weighted by atomic mass is 16.5. The van der Waals surface area contributed by atoms with Crippen molar-refractivity contribution in [2.75, 3.05) is 13.7 Å². The fraction of sp³-hybridized carbons (Fsp3) is 0.625. The van der Waals surface area contributed by atoms with Crippen molar-refractivity contribution in [3.8, 4) is 0 Å². The maximum Gasteiger partial charge on any atom is 0.327 e. The average Bonchev–Trinajstić information content (AvgIpc) is 2.53. The van der Waals surface area contributed by atoms with E-state index in [1.54, 1.807) is 13.1 Å². The standard InChI is InChI=1S/C8H14N4O2/c1-3-14-8(13)6-12-5-7(4-9-2)10-11-12/h5,9H,3-4,6H2,1-2H3. The van der Waals surface area contributed by atoms with Gasteiger partial charge in [-0.25, -0.2) is 4.68 Å². The molecule has 0 aliphatic rings. The fourth-order valence-corrected chi connectivity index (χ4v) is 1.02. The number of rotatable bonds is 5. The molecule has 78 valence electrons. The third-order valence-electron chi connectivity index (χ3n) is 1.54. The summed E-state index contributed by atoms with van der Waals surface area (Å²) in [5.41, 5.74) is 0.803. The number of carbonyl (C=O) groups is 1. The highest BCUT2D eigenvalue weighted by Crippen LogP contribution is 1.93. The monoisotopic (exact) mass is 198 g/mol. The minimum absolute atomic E-state index is 0.116. The minimum atomic E-state index is -0.298. The number of carbonyl (C=O) groups excluding carboxylic acids is 1. The van der Waals surface area contributed by atoms with Crippen LogP contribution in [0.25, 0.3) is 0 Å². The molecule has 0 spiro atoms. The summed E-state index contributed by atoms with van der Waals surface area (Å²) in [7, 11) is 1.82. The maximum absolute atomic E-state index is 11.1. The zero-order chi connectivity index (χ0) is 10.4. The summed E-state index contributed by atoms with van der Waals surface area (Å²) in [5, 5.41) is 10.6.